The third-order valence-corrected chi connectivity index (χ3v) is 8.04. The van der Waals surface area contributed by atoms with E-state index in [0.717, 1.165) is 30.5 Å². The first-order valence-electron chi connectivity index (χ1n) is 13.2. The highest BCUT2D eigenvalue weighted by atomic mass is 79.9. The molecule has 1 aliphatic rings. The summed E-state index contributed by atoms with van der Waals surface area (Å²) in [6.45, 7) is 2.70. The number of rotatable bonds is 9. The molecule has 9 heteroatoms. The van der Waals surface area contributed by atoms with Crippen LogP contribution in [0.2, 0.25) is 0 Å². The number of halogens is 2. The van der Waals surface area contributed by atoms with E-state index in [1.807, 2.05) is 67.6 Å². The van der Waals surface area contributed by atoms with E-state index in [9.17, 15) is 14.4 Å². The molecule has 0 aliphatic carbocycles. The molecule has 42 heavy (non-hydrogen) atoms. The van der Waals surface area contributed by atoms with E-state index < -0.39 is 17.8 Å². The number of benzene rings is 4. The van der Waals surface area contributed by atoms with Gasteiger partial charge in [-0.15, -0.1) is 0 Å². The second-order valence-corrected chi connectivity index (χ2v) is 11.1. The molecule has 1 fully saturated rings. The Kier molecular flexibility index (Phi) is 9.19. The molecular weight excluding hydrogens is 664 g/mol. The molecule has 0 radical (unpaired) electrons. The predicted molar refractivity (Wildman–Crippen MR) is 168 cm³/mol. The average molecular weight is 690 g/mol. The van der Waals surface area contributed by atoms with Gasteiger partial charge in [0, 0.05) is 20.9 Å². The Labute approximate surface area is 260 Å². The lowest BCUT2D eigenvalue weighted by Gasteiger charge is -2.26. The average Bonchev–Trinajstić information content (AvgIpc) is 2.98. The molecule has 0 unspecified atom stereocenters. The first kappa shape index (κ1) is 29.3. The summed E-state index contributed by atoms with van der Waals surface area (Å²) in [4.78, 5) is 40.0. The van der Waals surface area contributed by atoms with Crippen molar-refractivity contribution in [1.82, 2.24) is 5.32 Å². The number of hydrogen-bond donors (Lipinski definition) is 1. The summed E-state index contributed by atoms with van der Waals surface area (Å²) in [7, 11) is 0. The van der Waals surface area contributed by atoms with Gasteiger partial charge in [-0.25, -0.2) is 9.69 Å². The molecule has 0 bridgehead atoms. The third kappa shape index (κ3) is 6.64. The molecule has 1 heterocycles. The van der Waals surface area contributed by atoms with Crippen molar-refractivity contribution in [2.75, 3.05) is 11.5 Å². The molecular formula is C33H26Br2N2O5. The summed E-state index contributed by atoms with van der Waals surface area (Å²) in [6.07, 6.45) is 2.06. The Bertz CT molecular complexity index is 1670. The van der Waals surface area contributed by atoms with Gasteiger partial charge < -0.3 is 9.47 Å². The number of nitrogens with one attached hydrogen (secondary N) is 1. The Morgan fingerprint density at radius 1 is 0.833 bits per heavy atom. The Morgan fingerprint density at radius 3 is 2.26 bits per heavy atom. The summed E-state index contributed by atoms with van der Waals surface area (Å²) >= 11 is 7.25. The quantitative estimate of drug-likeness (QED) is 0.146. The van der Waals surface area contributed by atoms with E-state index >= 15 is 0 Å². The molecule has 1 aliphatic heterocycles. The second kappa shape index (κ2) is 13.2. The molecule has 212 valence electrons. The van der Waals surface area contributed by atoms with E-state index in [0.29, 0.717) is 42.4 Å². The van der Waals surface area contributed by atoms with Crippen LogP contribution in [-0.4, -0.2) is 24.5 Å². The summed E-state index contributed by atoms with van der Waals surface area (Å²) < 4.78 is 13.5. The number of hydrogen-bond acceptors (Lipinski definition) is 5. The highest BCUT2D eigenvalue weighted by molar-refractivity contribution is 9.10. The lowest BCUT2D eigenvalue weighted by Crippen LogP contribution is -2.54. The number of carbonyl (C=O) groups is 3. The topological polar surface area (TPSA) is 84.9 Å². The Hall–Kier alpha value is -4.21. The van der Waals surface area contributed by atoms with Crippen LogP contribution in [0.15, 0.2) is 106 Å². The van der Waals surface area contributed by atoms with Crippen LogP contribution < -0.4 is 19.7 Å². The number of ether oxygens (including phenoxy) is 2. The molecule has 1 N–H and O–H groups in total. The van der Waals surface area contributed by atoms with Crippen LogP contribution >= 0.6 is 31.9 Å². The fourth-order valence-corrected chi connectivity index (χ4v) is 5.52. The largest absolute Gasteiger partial charge is 0.494 e. The minimum Gasteiger partial charge on any atom is -0.494 e. The number of barbiturate groups is 1. The van der Waals surface area contributed by atoms with E-state index in [1.54, 1.807) is 30.3 Å². The van der Waals surface area contributed by atoms with Crippen LogP contribution in [0.1, 0.15) is 29.2 Å². The zero-order valence-electron chi connectivity index (χ0n) is 22.6. The van der Waals surface area contributed by atoms with Crippen LogP contribution in [-0.2, 0) is 22.6 Å². The number of imide groups is 2. The van der Waals surface area contributed by atoms with E-state index in [4.69, 9.17) is 9.47 Å². The van der Waals surface area contributed by atoms with Crippen molar-refractivity contribution in [3.63, 3.8) is 0 Å². The summed E-state index contributed by atoms with van der Waals surface area (Å²) in [5, 5.41) is 2.27. The summed E-state index contributed by atoms with van der Waals surface area (Å²) in [6, 6.07) is 27.0. The van der Waals surface area contributed by atoms with Gasteiger partial charge in [0.05, 0.1) is 12.3 Å². The molecule has 4 amide bonds. The molecule has 0 saturated carbocycles. The third-order valence-electron chi connectivity index (χ3n) is 6.56. The lowest BCUT2D eigenvalue weighted by atomic mass is 10.0. The molecule has 4 aromatic rings. The van der Waals surface area contributed by atoms with Gasteiger partial charge in [-0.2, -0.15) is 0 Å². The fourth-order valence-electron chi connectivity index (χ4n) is 4.49. The Morgan fingerprint density at radius 2 is 1.55 bits per heavy atom. The minimum atomic E-state index is -0.819. The van der Waals surface area contributed by atoms with Crippen LogP contribution in [0, 0.1) is 0 Å². The standard InChI is InChI=1S/C33H26Br2N2O5/c1-2-41-30-18-22(17-29(35)26(30)19-23-10-6-7-11-28(23)34)16-27-31(38)36-33(40)37(32(27)39)24-12-14-25(15-13-24)42-20-21-8-4-3-5-9-21/h3-18H,2,19-20H2,1H3,(H,36,38,40)/b27-16+. The molecule has 0 spiro atoms. The molecule has 0 aromatic heterocycles. The maximum absolute atomic E-state index is 13.5. The molecule has 4 aromatic carbocycles. The highest BCUT2D eigenvalue weighted by Gasteiger charge is 2.37. The number of nitrogens with zero attached hydrogens (tertiary/aromatic N) is 1. The van der Waals surface area contributed by atoms with Crippen molar-refractivity contribution < 1.29 is 23.9 Å². The van der Waals surface area contributed by atoms with E-state index in [-0.39, 0.29) is 5.57 Å². The van der Waals surface area contributed by atoms with Gasteiger partial charge in [-0.1, -0.05) is 80.4 Å². The molecule has 7 nitrogen and oxygen atoms in total. The predicted octanol–water partition coefficient (Wildman–Crippen LogP) is 7.45. The summed E-state index contributed by atoms with van der Waals surface area (Å²) in [5.74, 6) is -0.295. The molecule has 0 atom stereocenters. The van der Waals surface area contributed by atoms with Crippen LogP contribution in [0.3, 0.4) is 0 Å². The number of anilines is 1. The molecule has 5 rings (SSSR count). The Balaban J connectivity index is 1.40. The van der Waals surface area contributed by atoms with Crippen molar-refractivity contribution in [3.05, 3.63) is 128 Å². The zero-order chi connectivity index (χ0) is 29.6. The summed E-state index contributed by atoms with van der Waals surface area (Å²) in [5.41, 5.74) is 3.73. The maximum Gasteiger partial charge on any atom is 0.335 e. The van der Waals surface area contributed by atoms with Crippen molar-refractivity contribution >= 4 is 61.5 Å². The van der Waals surface area contributed by atoms with Gasteiger partial charge in [-0.05, 0) is 72.2 Å². The normalized spacial score (nSPS) is 14.2. The number of urea groups is 1. The number of carbonyl (C=O) groups excluding carboxylic acids is 3. The van der Waals surface area contributed by atoms with E-state index in [2.05, 4.69) is 37.2 Å². The second-order valence-electron chi connectivity index (χ2n) is 9.41. The monoisotopic (exact) mass is 688 g/mol. The minimum absolute atomic E-state index is 0.174. The van der Waals surface area contributed by atoms with Crippen molar-refractivity contribution in [2.24, 2.45) is 0 Å². The maximum atomic E-state index is 13.5. The van der Waals surface area contributed by atoms with Gasteiger partial charge in [-0.3, -0.25) is 14.9 Å². The zero-order valence-corrected chi connectivity index (χ0v) is 25.8. The van der Waals surface area contributed by atoms with Gasteiger partial charge in [0.2, 0.25) is 0 Å². The number of amides is 4. The smallest absolute Gasteiger partial charge is 0.335 e. The SMILES string of the molecule is CCOc1cc(/C=C2\C(=O)NC(=O)N(c3ccc(OCc4ccccc4)cc3)C2=O)cc(Br)c1Cc1ccccc1Br. The first-order chi connectivity index (χ1) is 20.3. The highest BCUT2D eigenvalue weighted by Crippen LogP contribution is 2.34. The fraction of sp³-hybridized carbons (Fsp3) is 0.121. The van der Waals surface area contributed by atoms with Crippen LogP contribution in [0.5, 0.6) is 11.5 Å². The van der Waals surface area contributed by atoms with Gasteiger partial charge in [0.15, 0.2) is 0 Å². The van der Waals surface area contributed by atoms with Crippen molar-refractivity contribution in [3.8, 4) is 11.5 Å². The van der Waals surface area contributed by atoms with Crippen LogP contribution in [0.4, 0.5) is 10.5 Å². The van der Waals surface area contributed by atoms with Gasteiger partial charge in [0.1, 0.15) is 23.7 Å². The van der Waals surface area contributed by atoms with Crippen LogP contribution in [0.25, 0.3) is 6.08 Å². The van der Waals surface area contributed by atoms with Gasteiger partial charge in [0.25, 0.3) is 11.8 Å². The first-order valence-corrected chi connectivity index (χ1v) is 14.8. The lowest BCUT2D eigenvalue weighted by molar-refractivity contribution is -0.122. The van der Waals surface area contributed by atoms with Crippen molar-refractivity contribution in [2.45, 2.75) is 20.0 Å². The van der Waals surface area contributed by atoms with Gasteiger partial charge >= 0.3 is 6.03 Å². The van der Waals surface area contributed by atoms with E-state index in [1.165, 1.54) is 6.08 Å². The molecule has 1 saturated heterocycles. The van der Waals surface area contributed by atoms with Crippen molar-refractivity contribution in [1.29, 1.82) is 0 Å².